The van der Waals surface area contributed by atoms with E-state index in [0.29, 0.717) is 15.7 Å². The molecule has 0 unspecified atom stereocenters. The molecule has 5 heteroatoms. The lowest BCUT2D eigenvalue weighted by Crippen LogP contribution is -2.00. The summed E-state index contributed by atoms with van der Waals surface area (Å²) in [4.78, 5) is 14.8. The Bertz CT molecular complexity index is 654. The van der Waals surface area contributed by atoms with Crippen LogP contribution in [0, 0.1) is 0 Å². The number of nitrogens with zero attached hydrogens (tertiary/aromatic N) is 1. The Morgan fingerprint density at radius 1 is 1.11 bits per heavy atom. The van der Waals surface area contributed by atoms with Crippen LogP contribution < -0.4 is 0 Å². The van der Waals surface area contributed by atoms with Crippen molar-refractivity contribution in [3.63, 3.8) is 0 Å². The first-order chi connectivity index (χ1) is 9.06. The van der Waals surface area contributed by atoms with E-state index in [1.165, 1.54) is 6.07 Å². The smallest absolute Gasteiger partial charge is 0.354 e. The minimum absolute atomic E-state index is 0.0105. The van der Waals surface area contributed by atoms with Gasteiger partial charge in [0.1, 0.15) is 5.69 Å². The number of aromatic carboxylic acids is 1. The quantitative estimate of drug-likeness (QED) is 0.920. The number of aromatic nitrogens is 1. The number of carboxylic acid groups (broad SMARTS) is 1. The van der Waals surface area contributed by atoms with Crippen LogP contribution in [-0.4, -0.2) is 16.1 Å². The molecule has 1 aromatic carbocycles. The van der Waals surface area contributed by atoms with Crippen LogP contribution in [0.2, 0.25) is 10.0 Å². The number of halogens is 2. The Morgan fingerprint density at radius 3 is 2.58 bits per heavy atom. The molecule has 0 saturated heterocycles. The maximum Gasteiger partial charge on any atom is 0.354 e. The third-order valence-corrected chi connectivity index (χ3v) is 3.12. The van der Waals surface area contributed by atoms with Gasteiger partial charge in [0.15, 0.2) is 0 Å². The van der Waals surface area contributed by atoms with Crippen LogP contribution in [0.25, 0.3) is 12.2 Å². The number of carbonyl (C=O) groups is 1. The van der Waals surface area contributed by atoms with E-state index in [9.17, 15) is 4.79 Å². The fourth-order valence-electron chi connectivity index (χ4n) is 1.46. The van der Waals surface area contributed by atoms with Gasteiger partial charge in [0.2, 0.25) is 0 Å². The summed E-state index contributed by atoms with van der Waals surface area (Å²) in [5.74, 6) is -1.05. The van der Waals surface area contributed by atoms with Gasteiger partial charge in [-0.15, -0.1) is 0 Å². The largest absolute Gasteiger partial charge is 0.477 e. The molecule has 96 valence electrons. The molecule has 1 heterocycles. The van der Waals surface area contributed by atoms with Crippen LogP contribution in [0.1, 0.15) is 21.7 Å². The normalized spacial score (nSPS) is 10.8. The average Bonchev–Trinajstić information content (AvgIpc) is 2.40. The van der Waals surface area contributed by atoms with Gasteiger partial charge in [0.25, 0.3) is 0 Å². The van der Waals surface area contributed by atoms with Gasteiger partial charge in [0.05, 0.1) is 15.7 Å². The van der Waals surface area contributed by atoms with Crippen molar-refractivity contribution in [1.29, 1.82) is 0 Å². The molecule has 2 rings (SSSR count). The van der Waals surface area contributed by atoms with Crippen molar-refractivity contribution in [1.82, 2.24) is 4.98 Å². The summed E-state index contributed by atoms with van der Waals surface area (Å²) in [5, 5.41) is 9.80. The monoisotopic (exact) mass is 293 g/mol. The van der Waals surface area contributed by atoms with Crippen molar-refractivity contribution in [2.45, 2.75) is 0 Å². The second-order valence-electron chi connectivity index (χ2n) is 3.76. The number of hydrogen-bond acceptors (Lipinski definition) is 2. The van der Waals surface area contributed by atoms with E-state index in [2.05, 4.69) is 4.98 Å². The molecule has 0 aliphatic heterocycles. The van der Waals surface area contributed by atoms with Crippen LogP contribution >= 0.6 is 23.2 Å². The first kappa shape index (κ1) is 13.6. The summed E-state index contributed by atoms with van der Waals surface area (Å²) in [7, 11) is 0. The zero-order chi connectivity index (χ0) is 13.8. The molecule has 0 spiro atoms. The SMILES string of the molecule is O=C(O)c1cccc(/C=C/c2ccc(Cl)c(Cl)c2)n1. The van der Waals surface area contributed by atoms with Gasteiger partial charge in [-0.2, -0.15) is 0 Å². The molecule has 0 aliphatic carbocycles. The summed E-state index contributed by atoms with van der Waals surface area (Å²) in [5.41, 5.74) is 1.43. The Kier molecular flexibility index (Phi) is 4.20. The lowest BCUT2D eigenvalue weighted by atomic mass is 10.2. The highest BCUT2D eigenvalue weighted by molar-refractivity contribution is 6.42. The highest BCUT2D eigenvalue weighted by Gasteiger charge is 2.03. The molecule has 2 aromatic rings. The molecule has 0 radical (unpaired) electrons. The van der Waals surface area contributed by atoms with Crippen molar-refractivity contribution >= 4 is 41.3 Å². The van der Waals surface area contributed by atoms with Crippen molar-refractivity contribution in [2.75, 3.05) is 0 Å². The van der Waals surface area contributed by atoms with Crippen LogP contribution in [0.15, 0.2) is 36.4 Å². The van der Waals surface area contributed by atoms with Gasteiger partial charge < -0.3 is 5.11 Å². The summed E-state index contributed by atoms with van der Waals surface area (Å²) < 4.78 is 0. The predicted molar refractivity (Wildman–Crippen MR) is 76.6 cm³/mol. The highest BCUT2D eigenvalue weighted by Crippen LogP contribution is 2.23. The lowest BCUT2D eigenvalue weighted by molar-refractivity contribution is 0.0690. The maximum atomic E-state index is 10.8. The van der Waals surface area contributed by atoms with Crippen molar-refractivity contribution in [3.8, 4) is 0 Å². The average molecular weight is 294 g/mol. The van der Waals surface area contributed by atoms with E-state index in [-0.39, 0.29) is 5.69 Å². The molecule has 0 bridgehead atoms. The van der Waals surface area contributed by atoms with Gasteiger partial charge in [-0.05, 0) is 35.9 Å². The molecular weight excluding hydrogens is 285 g/mol. The van der Waals surface area contributed by atoms with Crippen molar-refractivity contribution in [3.05, 3.63) is 63.4 Å². The highest BCUT2D eigenvalue weighted by atomic mass is 35.5. The first-order valence-electron chi connectivity index (χ1n) is 5.40. The number of benzene rings is 1. The molecule has 1 N–H and O–H groups in total. The number of hydrogen-bond donors (Lipinski definition) is 1. The first-order valence-corrected chi connectivity index (χ1v) is 6.15. The molecule has 19 heavy (non-hydrogen) atoms. The van der Waals surface area contributed by atoms with Gasteiger partial charge in [-0.25, -0.2) is 9.78 Å². The summed E-state index contributed by atoms with van der Waals surface area (Å²) in [6, 6.07) is 10.0. The van der Waals surface area contributed by atoms with Crippen LogP contribution in [-0.2, 0) is 0 Å². The van der Waals surface area contributed by atoms with Crippen molar-refractivity contribution < 1.29 is 9.90 Å². The second-order valence-corrected chi connectivity index (χ2v) is 4.57. The summed E-state index contributed by atoms with van der Waals surface area (Å²) in [6.45, 7) is 0. The fourth-order valence-corrected chi connectivity index (χ4v) is 1.77. The number of carboxylic acids is 1. The Balaban J connectivity index is 2.24. The minimum Gasteiger partial charge on any atom is -0.477 e. The summed E-state index contributed by atoms with van der Waals surface area (Å²) >= 11 is 11.7. The zero-order valence-corrected chi connectivity index (χ0v) is 11.2. The van der Waals surface area contributed by atoms with Crippen molar-refractivity contribution in [2.24, 2.45) is 0 Å². The molecule has 0 atom stereocenters. The minimum atomic E-state index is -1.05. The molecule has 1 aromatic heterocycles. The van der Waals surface area contributed by atoms with Gasteiger partial charge in [0, 0.05) is 0 Å². The Morgan fingerprint density at radius 2 is 1.89 bits per heavy atom. The van der Waals surface area contributed by atoms with E-state index in [1.54, 1.807) is 36.4 Å². The molecule has 0 amide bonds. The molecule has 0 fully saturated rings. The zero-order valence-electron chi connectivity index (χ0n) is 9.68. The van der Waals surface area contributed by atoms with Gasteiger partial charge in [-0.1, -0.05) is 41.4 Å². The molecular formula is C14H9Cl2NO2. The molecule has 0 saturated carbocycles. The predicted octanol–water partition coefficient (Wildman–Crippen LogP) is 4.26. The van der Waals surface area contributed by atoms with Crippen LogP contribution in [0.3, 0.4) is 0 Å². The van der Waals surface area contributed by atoms with E-state index in [4.69, 9.17) is 28.3 Å². The third kappa shape index (κ3) is 3.56. The maximum absolute atomic E-state index is 10.8. The standard InChI is InChI=1S/C14H9Cl2NO2/c15-11-7-5-9(8-12(11)16)4-6-10-2-1-3-13(17-10)14(18)19/h1-8H,(H,18,19)/b6-4+. The van der Waals surface area contributed by atoms with Crippen LogP contribution in [0.5, 0.6) is 0 Å². The third-order valence-electron chi connectivity index (χ3n) is 2.38. The lowest BCUT2D eigenvalue weighted by Gasteiger charge is -1.98. The van der Waals surface area contributed by atoms with E-state index in [0.717, 1.165) is 5.56 Å². The van der Waals surface area contributed by atoms with Gasteiger partial charge >= 0.3 is 5.97 Å². The van der Waals surface area contributed by atoms with E-state index in [1.807, 2.05) is 6.07 Å². The number of rotatable bonds is 3. The number of pyridine rings is 1. The van der Waals surface area contributed by atoms with Gasteiger partial charge in [-0.3, -0.25) is 0 Å². The van der Waals surface area contributed by atoms with E-state index < -0.39 is 5.97 Å². The summed E-state index contributed by atoms with van der Waals surface area (Å²) in [6.07, 6.45) is 3.50. The molecule has 3 nitrogen and oxygen atoms in total. The molecule has 0 aliphatic rings. The topological polar surface area (TPSA) is 50.2 Å². The second kappa shape index (κ2) is 5.87. The Labute approximate surface area is 120 Å². The fraction of sp³-hybridized carbons (Fsp3) is 0. The van der Waals surface area contributed by atoms with E-state index >= 15 is 0 Å². The Hall–Kier alpha value is -1.84. The van der Waals surface area contributed by atoms with Crippen LogP contribution in [0.4, 0.5) is 0 Å².